The number of quaternary nitrogens is 2. The Kier molecular flexibility index (Phi) is 15.4. The van der Waals surface area contributed by atoms with E-state index in [2.05, 4.69) is 61.0 Å². The first kappa shape index (κ1) is 30.1. The van der Waals surface area contributed by atoms with Gasteiger partial charge in [0.2, 0.25) is 0 Å². The summed E-state index contributed by atoms with van der Waals surface area (Å²) in [5.41, 5.74) is -0.103. The van der Waals surface area contributed by atoms with Crippen LogP contribution in [0.2, 0.25) is 0 Å². The van der Waals surface area contributed by atoms with Crippen molar-refractivity contribution < 1.29 is 18.4 Å². The van der Waals surface area contributed by atoms with Crippen LogP contribution in [0.3, 0.4) is 0 Å². The van der Waals surface area contributed by atoms with Gasteiger partial charge < -0.3 is 18.4 Å². The second kappa shape index (κ2) is 15.9. The molecule has 0 aliphatic heterocycles. The fourth-order valence-electron chi connectivity index (χ4n) is 4.76. The Morgan fingerprint density at radius 3 is 1.52 bits per heavy atom. The summed E-state index contributed by atoms with van der Waals surface area (Å²) in [6, 6.07) is 0. The molecule has 0 saturated carbocycles. The first-order chi connectivity index (χ1) is 14.8. The Hall–Kier alpha value is -0.860. The highest BCUT2D eigenvalue weighted by Gasteiger charge is 2.32. The zero-order valence-electron chi connectivity index (χ0n) is 22.0. The summed E-state index contributed by atoms with van der Waals surface area (Å²) in [6.07, 6.45) is 9.52. The van der Waals surface area contributed by atoms with Crippen molar-refractivity contribution >= 4 is 0 Å². The number of ether oxygens (including phenoxy) is 2. The third-order valence-electron chi connectivity index (χ3n) is 7.86. The third kappa shape index (κ3) is 10.1. The van der Waals surface area contributed by atoms with E-state index >= 15 is 0 Å². The number of hydrogen-bond donors (Lipinski definition) is 0. The lowest BCUT2D eigenvalue weighted by molar-refractivity contribution is -0.923. The first-order valence-electron chi connectivity index (χ1n) is 12.7. The van der Waals surface area contributed by atoms with Crippen LogP contribution in [-0.4, -0.2) is 87.8 Å². The van der Waals surface area contributed by atoms with Crippen LogP contribution in [0.4, 0.5) is 0 Å². The van der Waals surface area contributed by atoms with E-state index in [1.54, 1.807) is 0 Å². The summed E-state index contributed by atoms with van der Waals surface area (Å²) < 4.78 is 14.8. The van der Waals surface area contributed by atoms with Crippen LogP contribution in [0.1, 0.15) is 61.3 Å². The van der Waals surface area contributed by atoms with Gasteiger partial charge in [-0.15, -0.1) is 18.9 Å². The number of rotatable bonds is 20. The zero-order chi connectivity index (χ0) is 23.8. The highest BCUT2D eigenvalue weighted by atomic mass is 16.5. The van der Waals surface area contributed by atoms with Crippen LogP contribution in [0.25, 0.3) is 0 Å². The molecule has 4 heteroatoms. The van der Waals surface area contributed by atoms with E-state index in [1.165, 1.54) is 0 Å². The Balaban J connectivity index is 5.08. The van der Waals surface area contributed by atoms with Gasteiger partial charge in [0.15, 0.2) is 0 Å². The van der Waals surface area contributed by atoms with Gasteiger partial charge in [0.1, 0.15) is 13.1 Å². The highest BCUT2D eigenvalue weighted by Crippen LogP contribution is 2.32. The molecule has 0 bridgehead atoms. The Morgan fingerprint density at radius 2 is 1.23 bits per heavy atom. The predicted molar refractivity (Wildman–Crippen MR) is 135 cm³/mol. The normalized spacial score (nSPS) is 13.7. The maximum Gasteiger partial charge on any atom is 0.102 e. The van der Waals surface area contributed by atoms with Crippen LogP contribution in [0, 0.1) is 23.7 Å². The molecule has 182 valence electrons. The van der Waals surface area contributed by atoms with E-state index in [0.717, 1.165) is 87.4 Å². The van der Waals surface area contributed by atoms with E-state index in [4.69, 9.17) is 15.9 Å². The topological polar surface area (TPSA) is 18.5 Å². The van der Waals surface area contributed by atoms with Gasteiger partial charge in [0, 0.05) is 11.3 Å². The standard InChI is InChI=1S/C27H54N2O2/c1-10-18-27(23-26(9)11-2,24-30-21-19-28(12-3,13-4)14-5)25-31-22-20-29(15-6,16-7)17-8/h2,10,26H,1,12-25H2,3-9H3/q+2. The molecule has 0 aromatic carbocycles. The van der Waals surface area contributed by atoms with Crippen molar-refractivity contribution in [3.05, 3.63) is 12.7 Å². The minimum Gasteiger partial charge on any atom is -0.375 e. The van der Waals surface area contributed by atoms with E-state index in [-0.39, 0.29) is 11.3 Å². The van der Waals surface area contributed by atoms with Crippen molar-refractivity contribution in [2.75, 3.05) is 78.8 Å². The molecule has 0 rings (SSSR count). The van der Waals surface area contributed by atoms with Crippen LogP contribution in [0.5, 0.6) is 0 Å². The van der Waals surface area contributed by atoms with E-state index in [1.807, 2.05) is 6.08 Å². The van der Waals surface area contributed by atoms with Gasteiger partial charge in [0.25, 0.3) is 0 Å². The van der Waals surface area contributed by atoms with Crippen molar-refractivity contribution in [2.45, 2.75) is 61.3 Å². The lowest BCUT2D eigenvalue weighted by atomic mass is 9.78. The molecule has 0 saturated heterocycles. The molecule has 0 N–H and O–H groups in total. The van der Waals surface area contributed by atoms with Crippen LogP contribution in [0.15, 0.2) is 12.7 Å². The molecule has 4 nitrogen and oxygen atoms in total. The molecule has 0 amide bonds. The Bertz CT molecular complexity index is 459. The lowest BCUT2D eigenvalue weighted by Crippen LogP contribution is -2.50. The van der Waals surface area contributed by atoms with Crippen LogP contribution < -0.4 is 0 Å². The van der Waals surface area contributed by atoms with Gasteiger partial charge >= 0.3 is 0 Å². The van der Waals surface area contributed by atoms with Gasteiger partial charge in [-0.05, 0) is 54.4 Å². The molecule has 0 aromatic heterocycles. The summed E-state index contributed by atoms with van der Waals surface area (Å²) in [5.74, 6) is 3.11. The minimum atomic E-state index is -0.103. The molecule has 1 atom stereocenters. The summed E-state index contributed by atoms with van der Waals surface area (Å²) >= 11 is 0. The lowest BCUT2D eigenvalue weighted by Gasteiger charge is -2.38. The molecule has 31 heavy (non-hydrogen) atoms. The maximum atomic E-state index is 6.30. The van der Waals surface area contributed by atoms with E-state index in [0.29, 0.717) is 13.2 Å². The number of terminal acetylenes is 1. The molecule has 0 fully saturated rings. The quantitative estimate of drug-likeness (QED) is 0.115. The summed E-state index contributed by atoms with van der Waals surface area (Å²) in [6.45, 7) is 31.7. The van der Waals surface area contributed by atoms with Gasteiger partial charge in [-0.25, -0.2) is 0 Å². The molecule has 0 spiro atoms. The van der Waals surface area contributed by atoms with Crippen molar-refractivity contribution in [1.29, 1.82) is 0 Å². The molecular formula is C27H54N2O2+2. The van der Waals surface area contributed by atoms with Gasteiger partial charge in [0.05, 0.1) is 65.7 Å². The van der Waals surface area contributed by atoms with Crippen molar-refractivity contribution in [3.63, 3.8) is 0 Å². The first-order valence-corrected chi connectivity index (χ1v) is 12.7. The second-order valence-corrected chi connectivity index (χ2v) is 9.40. The van der Waals surface area contributed by atoms with E-state index < -0.39 is 0 Å². The molecule has 0 radical (unpaired) electrons. The SMILES string of the molecule is C#CC(C)CC(CC=C)(COCC[N+](CC)(CC)CC)COCC[N+](CC)(CC)CC. The van der Waals surface area contributed by atoms with Gasteiger partial charge in [-0.1, -0.05) is 13.0 Å². The molecule has 0 heterocycles. The third-order valence-corrected chi connectivity index (χ3v) is 7.86. The number of allylic oxidation sites excluding steroid dienone is 1. The largest absolute Gasteiger partial charge is 0.375 e. The fourth-order valence-corrected chi connectivity index (χ4v) is 4.76. The molecule has 0 aromatic rings. The van der Waals surface area contributed by atoms with Gasteiger partial charge in [-0.3, -0.25) is 0 Å². The van der Waals surface area contributed by atoms with Crippen molar-refractivity contribution in [3.8, 4) is 12.3 Å². The van der Waals surface area contributed by atoms with Crippen LogP contribution >= 0.6 is 0 Å². The molecule has 0 aliphatic carbocycles. The predicted octanol–water partition coefficient (Wildman–Crippen LogP) is 4.99. The molecular weight excluding hydrogens is 384 g/mol. The average Bonchev–Trinajstić information content (AvgIpc) is 2.80. The fraction of sp³-hybridized carbons (Fsp3) is 0.852. The summed E-state index contributed by atoms with van der Waals surface area (Å²) in [7, 11) is 0. The van der Waals surface area contributed by atoms with Crippen molar-refractivity contribution in [2.24, 2.45) is 11.3 Å². The van der Waals surface area contributed by atoms with E-state index in [9.17, 15) is 0 Å². The highest BCUT2D eigenvalue weighted by molar-refractivity contribution is 4.97. The Labute approximate surface area is 195 Å². The summed E-state index contributed by atoms with van der Waals surface area (Å²) in [5, 5.41) is 0. The number of hydrogen-bond acceptors (Lipinski definition) is 2. The smallest absolute Gasteiger partial charge is 0.102 e. The molecule has 0 aliphatic rings. The van der Waals surface area contributed by atoms with Gasteiger partial charge in [-0.2, -0.15) is 0 Å². The maximum absolute atomic E-state index is 6.30. The van der Waals surface area contributed by atoms with Crippen molar-refractivity contribution in [1.82, 2.24) is 0 Å². The number of nitrogens with zero attached hydrogens (tertiary/aromatic N) is 2. The second-order valence-electron chi connectivity index (χ2n) is 9.40. The Morgan fingerprint density at radius 1 is 0.839 bits per heavy atom. The monoisotopic (exact) mass is 438 g/mol. The minimum absolute atomic E-state index is 0.103. The molecule has 1 unspecified atom stereocenters. The number of likely N-dealkylation sites (N-methyl/N-ethyl adjacent to an activating group) is 2. The zero-order valence-corrected chi connectivity index (χ0v) is 22.0. The van der Waals surface area contributed by atoms with Crippen LogP contribution in [-0.2, 0) is 9.47 Å². The average molecular weight is 439 g/mol. The summed E-state index contributed by atoms with van der Waals surface area (Å²) in [4.78, 5) is 0.